The Bertz CT molecular complexity index is 814. The molecule has 2 aromatic rings. The number of methoxy groups -OCH3 is 1. The van der Waals surface area contributed by atoms with Gasteiger partial charge in [0.25, 0.3) is 5.91 Å². The van der Waals surface area contributed by atoms with E-state index in [2.05, 4.69) is 5.32 Å². The van der Waals surface area contributed by atoms with Gasteiger partial charge in [-0.05, 0) is 45.4 Å². The standard InChI is InChI=1S/C21H25NO4/c1-13-6-8-18(15(3)10-13)22-21(24)16(4)26-20(23)12-17-11-14(2)7-9-19(17)25-5/h6-11,16H,12H2,1-5H3,(H,22,24)/t16-/m1/s1. The van der Waals surface area contributed by atoms with Crippen LogP contribution < -0.4 is 10.1 Å². The maximum absolute atomic E-state index is 12.3. The summed E-state index contributed by atoms with van der Waals surface area (Å²) in [7, 11) is 1.56. The summed E-state index contributed by atoms with van der Waals surface area (Å²) in [5.74, 6) is -0.210. The lowest BCUT2D eigenvalue weighted by Crippen LogP contribution is -2.30. The van der Waals surface area contributed by atoms with E-state index in [0.717, 1.165) is 22.3 Å². The van der Waals surface area contributed by atoms with Crippen molar-refractivity contribution in [2.75, 3.05) is 12.4 Å². The van der Waals surface area contributed by atoms with E-state index in [1.54, 1.807) is 14.0 Å². The molecule has 138 valence electrons. The van der Waals surface area contributed by atoms with Crippen LogP contribution in [0.2, 0.25) is 0 Å². The Kier molecular flexibility index (Phi) is 6.39. The summed E-state index contributed by atoms with van der Waals surface area (Å²) in [5.41, 5.74) is 4.55. The van der Waals surface area contributed by atoms with Crippen molar-refractivity contribution in [2.24, 2.45) is 0 Å². The Hall–Kier alpha value is -2.82. The molecule has 1 amide bonds. The minimum absolute atomic E-state index is 0.0477. The Morgan fingerprint density at radius 2 is 1.69 bits per heavy atom. The number of nitrogens with one attached hydrogen (secondary N) is 1. The van der Waals surface area contributed by atoms with Crippen LogP contribution in [0.5, 0.6) is 5.75 Å². The summed E-state index contributed by atoms with van der Waals surface area (Å²) in [6.45, 7) is 7.41. The van der Waals surface area contributed by atoms with Gasteiger partial charge in [0.15, 0.2) is 6.10 Å². The van der Waals surface area contributed by atoms with Gasteiger partial charge < -0.3 is 14.8 Å². The lowest BCUT2D eigenvalue weighted by Gasteiger charge is -2.16. The number of hydrogen-bond acceptors (Lipinski definition) is 4. The van der Waals surface area contributed by atoms with Gasteiger partial charge in [0, 0.05) is 11.3 Å². The number of carbonyl (C=O) groups is 2. The highest BCUT2D eigenvalue weighted by atomic mass is 16.5. The van der Waals surface area contributed by atoms with E-state index in [9.17, 15) is 9.59 Å². The van der Waals surface area contributed by atoms with Crippen LogP contribution in [0.1, 0.15) is 29.2 Å². The number of anilines is 1. The van der Waals surface area contributed by atoms with Crippen LogP contribution >= 0.6 is 0 Å². The predicted octanol–water partition coefficient (Wildman–Crippen LogP) is 3.73. The molecule has 0 spiro atoms. The molecular formula is C21H25NO4. The molecule has 0 saturated carbocycles. The van der Waals surface area contributed by atoms with Crippen molar-refractivity contribution in [1.82, 2.24) is 0 Å². The van der Waals surface area contributed by atoms with Crippen molar-refractivity contribution >= 4 is 17.6 Å². The van der Waals surface area contributed by atoms with Crippen molar-refractivity contribution in [3.8, 4) is 5.75 Å². The smallest absolute Gasteiger partial charge is 0.311 e. The number of esters is 1. The highest BCUT2D eigenvalue weighted by Gasteiger charge is 2.19. The molecule has 2 rings (SSSR count). The lowest BCUT2D eigenvalue weighted by molar-refractivity contribution is -0.152. The van der Waals surface area contributed by atoms with Crippen LogP contribution in [0.4, 0.5) is 5.69 Å². The fourth-order valence-electron chi connectivity index (χ4n) is 2.68. The summed E-state index contributed by atoms with van der Waals surface area (Å²) < 4.78 is 10.6. The van der Waals surface area contributed by atoms with Gasteiger partial charge in [-0.2, -0.15) is 0 Å². The molecular weight excluding hydrogens is 330 g/mol. The zero-order valence-electron chi connectivity index (χ0n) is 15.9. The topological polar surface area (TPSA) is 64.6 Å². The fraction of sp³-hybridized carbons (Fsp3) is 0.333. The van der Waals surface area contributed by atoms with E-state index in [-0.39, 0.29) is 12.3 Å². The van der Waals surface area contributed by atoms with Gasteiger partial charge >= 0.3 is 5.97 Å². The number of rotatable bonds is 6. The average Bonchev–Trinajstić information content (AvgIpc) is 2.57. The van der Waals surface area contributed by atoms with Crippen LogP contribution in [0, 0.1) is 20.8 Å². The highest BCUT2D eigenvalue weighted by Crippen LogP contribution is 2.21. The molecule has 26 heavy (non-hydrogen) atoms. The Balaban J connectivity index is 1.98. The average molecular weight is 355 g/mol. The zero-order valence-corrected chi connectivity index (χ0v) is 15.9. The van der Waals surface area contributed by atoms with Crippen molar-refractivity contribution < 1.29 is 19.1 Å². The van der Waals surface area contributed by atoms with Gasteiger partial charge in [-0.15, -0.1) is 0 Å². The number of hydrogen-bond donors (Lipinski definition) is 1. The highest BCUT2D eigenvalue weighted by molar-refractivity contribution is 5.95. The maximum atomic E-state index is 12.3. The van der Waals surface area contributed by atoms with Gasteiger partial charge in [0.2, 0.25) is 0 Å². The molecule has 0 unspecified atom stereocenters. The first-order valence-corrected chi connectivity index (χ1v) is 8.51. The number of aryl methyl sites for hydroxylation is 3. The summed E-state index contributed by atoms with van der Waals surface area (Å²) in [5, 5.41) is 2.80. The van der Waals surface area contributed by atoms with Crippen LogP contribution in [-0.2, 0) is 20.7 Å². The lowest BCUT2D eigenvalue weighted by atomic mass is 10.1. The molecule has 5 heteroatoms. The monoisotopic (exact) mass is 355 g/mol. The molecule has 0 aliphatic heterocycles. The molecule has 0 heterocycles. The molecule has 0 bridgehead atoms. The van der Waals surface area contributed by atoms with Gasteiger partial charge in [-0.3, -0.25) is 9.59 Å². The first kappa shape index (κ1) is 19.5. The number of benzene rings is 2. The summed E-state index contributed by atoms with van der Waals surface area (Å²) in [6, 6.07) is 11.3. The van der Waals surface area contributed by atoms with Crippen molar-refractivity contribution in [3.05, 3.63) is 58.7 Å². The first-order valence-electron chi connectivity index (χ1n) is 8.51. The van der Waals surface area contributed by atoms with E-state index < -0.39 is 12.1 Å². The maximum Gasteiger partial charge on any atom is 0.311 e. The Morgan fingerprint density at radius 3 is 2.35 bits per heavy atom. The Labute approximate surface area is 154 Å². The van der Waals surface area contributed by atoms with E-state index in [0.29, 0.717) is 11.4 Å². The van der Waals surface area contributed by atoms with E-state index in [1.165, 1.54) is 0 Å². The second kappa shape index (κ2) is 8.52. The van der Waals surface area contributed by atoms with E-state index in [1.807, 2.05) is 57.2 Å². The van der Waals surface area contributed by atoms with E-state index >= 15 is 0 Å². The minimum Gasteiger partial charge on any atom is -0.496 e. The predicted molar refractivity (Wildman–Crippen MR) is 102 cm³/mol. The number of amides is 1. The third kappa shape index (κ3) is 5.09. The molecule has 0 aliphatic carbocycles. The largest absolute Gasteiger partial charge is 0.496 e. The molecule has 5 nitrogen and oxygen atoms in total. The second-order valence-corrected chi connectivity index (χ2v) is 6.43. The van der Waals surface area contributed by atoms with Crippen molar-refractivity contribution in [3.63, 3.8) is 0 Å². The summed E-state index contributed by atoms with van der Waals surface area (Å²) in [6.07, 6.45) is -0.842. The quantitative estimate of drug-likeness (QED) is 0.802. The van der Waals surface area contributed by atoms with Gasteiger partial charge in [0.1, 0.15) is 5.75 Å². The number of carbonyl (C=O) groups excluding carboxylic acids is 2. The minimum atomic E-state index is -0.890. The molecule has 0 radical (unpaired) electrons. The van der Waals surface area contributed by atoms with E-state index in [4.69, 9.17) is 9.47 Å². The SMILES string of the molecule is COc1ccc(C)cc1CC(=O)O[C@H](C)C(=O)Nc1ccc(C)cc1C. The van der Waals surface area contributed by atoms with Crippen molar-refractivity contribution in [1.29, 1.82) is 0 Å². The molecule has 0 aromatic heterocycles. The third-order valence-electron chi connectivity index (χ3n) is 4.09. The molecule has 0 aliphatic rings. The van der Waals surface area contributed by atoms with Crippen molar-refractivity contribution in [2.45, 2.75) is 40.2 Å². The van der Waals surface area contributed by atoms with Gasteiger partial charge in [-0.1, -0.05) is 35.4 Å². The van der Waals surface area contributed by atoms with Crippen LogP contribution in [0.3, 0.4) is 0 Å². The zero-order chi connectivity index (χ0) is 19.3. The molecule has 1 atom stereocenters. The molecule has 0 saturated heterocycles. The fourth-order valence-corrected chi connectivity index (χ4v) is 2.68. The van der Waals surface area contributed by atoms with Gasteiger partial charge in [-0.25, -0.2) is 0 Å². The molecule has 2 aromatic carbocycles. The molecule has 0 fully saturated rings. The summed E-state index contributed by atoms with van der Waals surface area (Å²) in [4.78, 5) is 24.5. The van der Waals surface area contributed by atoms with Gasteiger partial charge in [0.05, 0.1) is 13.5 Å². The normalized spacial score (nSPS) is 11.6. The third-order valence-corrected chi connectivity index (χ3v) is 4.09. The summed E-state index contributed by atoms with van der Waals surface area (Å²) >= 11 is 0. The second-order valence-electron chi connectivity index (χ2n) is 6.43. The molecule has 1 N–H and O–H groups in total. The van der Waals surface area contributed by atoms with Crippen LogP contribution in [-0.4, -0.2) is 25.1 Å². The van der Waals surface area contributed by atoms with Crippen LogP contribution in [0.15, 0.2) is 36.4 Å². The Morgan fingerprint density at radius 1 is 1.04 bits per heavy atom. The number of ether oxygens (including phenoxy) is 2. The van der Waals surface area contributed by atoms with Crippen LogP contribution in [0.25, 0.3) is 0 Å². The first-order chi connectivity index (χ1) is 12.3.